The molecular weight excluding hydrogens is 300 g/mol. The molecule has 0 spiro atoms. The zero-order valence-corrected chi connectivity index (χ0v) is 12.8. The summed E-state index contributed by atoms with van der Waals surface area (Å²) >= 11 is 5.94. The quantitative estimate of drug-likeness (QED) is 0.883. The van der Waals surface area contributed by atoms with Crippen molar-refractivity contribution in [3.05, 3.63) is 59.1 Å². The van der Waals surface area contributed by atoms with Gasteiger partial charge in [-0.15, -0.1) is 0 Å². The first-order valence-corrected chi connectivity index (χ1v) is 7.38. The lowest BCUT2D eigenvalue weighted by Crippen LogP contribution is -2.34. The highest BCUT2D eigenvalue weighted by Crippen LogP contribution is 2.27. The molecule has 0 aromatic heterocycles. The topological polar surface area (TPSA) is 49.4 Å². The van der Waals surface area contributed by atoms with Gasteiger partial charge in [0.2, 0.25) is 5.91 Å². The number of para-hydroxylation sites is 1. The number of rotatable bonds is 3. The zero-order valence-electron chi connectivity index (χ0n) is 12.0. The largest absolute Gasteiger partial charge is 0.373 e. The SMILES string of the molecule is Cc1ccccc1N[C@@H]1CC(=O)N(c2cccc(Cl)c2)C1=O. The number of halogens is 1. The highest BCUT2D eigenvalue weighted by Gasteiger charge is 2.39. The molecule has 0 saturated carbocycles. The summed E-state index contributed by atoms with van der Waals surface area (Å²) in [7, 11) is 0. The Morgan fingerprint density at radius 2 is 1.91 bits per heavy atom. The van der Waals surface area contributed by atoms with Crippen LogP contribution in [0.2, 0.25) is 5.02 Å². The molecule has 4 nitrogen and oxygen atoms in total. The third-order valence-electron chi connectivity index (χ3n) is 3.69. The fourth-order valence-electron chi connectivity index (χ4n) is 2.55. The Labute approximate surface area is 133 Å². The minimum Gasteiger partial charge on any atom is -0.373 e. The van der Waals surface area contributed by atoms with Gasteiger partial charge in [0, 0.05) is 10.7 Å². The van der Waals surface area contributed by atoms with E-state index < -0.39 is 6.04 Å². The van der Waals surface area contributed by atoms with E-state index in [9.17, 15) is 9.59 Å². The lowest BCUT2D eigenvalue weighted by Gasteiger charge is -2.17. The van der Waals surface area contributed by atoms with Gasteiger partial charge in [-0.25, -0.2) is 4.90 Å². The van der Waals surface area contributed by atoms with Gasteiger partial charge in [0.15, 0.2) is 0 Å². The van der Waals surface area contributed by atoms with Crippen LogP contribution in [-0.4, -0.2) is 17.9 Å². The molecule has 1 heterocycles. The van der Waals surface area contributed by atoms with Crippen molar-refractivity contribution in [3.63, 3.8) is 0 Å². The van der Waals surface area contributed by atoms with Crippen LogP contribution in [0.5, 0.6) is 0 Å². The third-order valence-corrected chi connectivity index (χ3v) is 3.92. The smallest absolute Gasteiger partial charge is 0.256 e. The fourth-order valence-corrected chi connectivity index (χ4v) is 2.74. The van der Waals surface area contributed by atoms with Crippen LogP contribution in [0.1, 0.15) is 12.0 Å². The van der Waals surface area contributed by atoms with Crippen LogP contribution in [-0.2, 0) is 9.59 Å². The predicted molar refractivity (Wildman–Crippen MR) is 87.2 cm³/mol. The molecule has 2 aromatic carbocycles. The molecular formula is C17H15ClN2O2. The van der Waals surface area contributed by atoms with Gasteiger partial charge < -0.3 is 5.32 Å². The van der Waals surface area contributed by atoms with Crippen LogP contribution < -0.4 is 10.2 Å². The van der Waals surface area contributed by atoms with Crippen molar-refractivity contribution in [3.8, 4) is 0 Å². The number of aryl methyl sites for hydroxylation is 1. The van der Waals surface area contributed by atoms with Gasteiger partial charge in [0.1, 0.15) is 6.04 Å². The number of amides is 2. The molecule has 112 valence electrons. The minimum atomic E-state index is -0.549. The summed E-state index contributed by atoms with van der Waals surface area (Å²) in [6.45, 7) is 1.96. The summed E-state index contributed by atoms with van der Waals surface area (Å²) in [6, 6.07) is 13.9. The van der Waals surface area contributed by atoms with E-state index in [0.717, 1.165) is 11.3 Å². The second-order valence-electron chi connectivity index (χ2n) is 5.26. The lowest BCUT2D eigenvalue weighted by atomic mass is 10.1. The van der Waals surface area contributed by atoms with E-state index in [1.54, 1.807) is 24.3 Å². The van der Waals surface area contributed by atoms with Gasteiger partial charge in [0.25, 0.3) is 5.91 Å². The zero-order chi connectivity index (χ0) is 15.7. The van der Waals surface area contributed by atoms with Crippen LogP contribution >= 0.6 is 11.6 Å². The molecule has 1 N–H and O–H groups in total. The number of anilines is 2. The number of benzene rings is 2. The van der Waals surface area contributed by atoms with E-state index in [2.05, 4.69) is 5.32 Å². The van der Waals surface area contributed by atoms with Crippen LogP contribution in [0.15, 0.2) is 48.5 Å². The Morgan fingerprint density at radius 1 is 1.14 bits per heavy atom. The maximum absolute atomic E-state index is 12.5. The number of carbonyl (C=O) groups is 2. The molecule has 3 rings (SSSR count). The molecule has 5 heteroatoms. The molecule has 0 aliphatic carbocycles. The predicted octanol–water partition coefficient (Wildman–Crippen LogP) is 3.39. The monoisotopic (exact) mass is 314 g/mol. The van der Waals surface area contributed by atoms with Gasteiger partial charge >= 0.3 is 0 Å². The summed E-state index contributed by atoms with van der Waals surface area (Å²) in [6.07, 6.45) is 0.139. The first-order valence-electron chi connectivity index (χ1n) is 7.01. The second-order valence-corrected chi connectivity index (χ2v) is 5.70. The molecule has 0 radical (unpaired) electrons. The second kappa shape index (κ2) is 5.81. The van der Waals surface area contributed by atoms with Crippen LogP contribution in [0.3, 0.4) is 0 Å². The van der Waals surface area contributed by atoms with Crippen molar-refractivity contribution in [1.82, 2.24) is 0 Å². The third kappa shape index (κ3) is 2.70. The molecule has 1 atom stereocenters. The Bertz CT molecular complexity index is 745. The molecule has 22 heavy (non-hydrogen) atoms. The first-order chi connectivity index (χ1) is 10.6. The molecule has 0 unspecified atom stereocenters. The summed E-state index contributed by atoms with van der Waals surface area (Å²) in [4.78, 5) is 25.9. The molecule has 0 bridgehead atoms. The van der Waals surface area contributed by atoms with Gasteiger partial charge in [0.05, 0.1) is 12.1 Å². The fraction of sp³-hybridized carbons (Fsp3) is 0.176. The van der Waals surface area contributed by atoms with Gasteiger partial charge in [-0.2, -0.15) is 0 Å². The summed E-state index contributed by atoms with van der Waals surface area (Å²) in [5, 5.41) is 3.65. The molecule has 1 saturated heterocycles. The summed E-state index contributed by atoms with van der Waals surface area (Å²) < 4.78 is 0. The number of nitrogens with one attached hydrogen (secondary N) is 1. The Balaban J connectivity index is 1.84. The molecule has 1 aliphatic heterocycles. The maximum Gasteiger partial charge on any atom is 0.256 e. The molecule has 1 aliphatic rings. The van der Waals surface area contributed by atoms with Crippen molar-refractivity contribution in [2.45, 2.75) is 19.4 Å². The minimum absolute atomic E-state index is 0.139. The highest BCUT2D eigenvalue weighted by atomic mass is 35.5. The Hall–Kier alpha value is -2.33. The maximum atomic E-state index is 12.5. The van der Waals surface area contributed by atoms with E-state index in [1.807, 2.05) is 31.2 Å². The average Bonchev–Trinajstić information content (AvgIpc) is 2.76. The van der Waals surface area contributed by atoms with Crippen LogP contribution in [0.25, 0.3) is 0 Å². The number of carbonyl (C=O) groups excluding carboxylic acids is 2. The molecule has 2 amide bonds. The number of nitrogens with zero attached hydrogens (tertiary/aromatic N) is 1. The molecule has 1 fully saturated rings. The number of imide groups is 1. The van der Waals surface area contributed by atoms with E-state index in [4.69, 9.17) is 11.6 Å². The van der Waals surface area contributed by atoms with Crippen molar-refractivity contribution in [2.24, 2.45) is 0 Å². The van der Waals surface area contributed by atoms with Crippen molar-refractivity contribution in [2.75, 3.05) is 10.2 Å². The van der Waals surface area contributed by atoms with Crippen LogP contribution in [0.4, 0.5) is 11.4 Å². The van der Waals surface area contributed by atoms with E-state index in [1.165, 1.54) is 4.90 Å². The van der Waals surface area contributed by atoms with Gasteiger partial charge in [-0.1, -0.05) is 35.9 Å². The average molecular weight is 315 g/mol. The Kier molecular flexibility index (Phi) is 3.86. The normalized spacial score (nSPS) is 17.9. The van der Waals surface area contributed by atoms with Crippen LogP contribution in [0, 0.1) is 6.92 Å². The van der Waals surface area contributed by atoms with Gasteiger partial charge in [-0.05, 0) is 36.8 Å². The number of hydrogen-bond donors (Lipinski definition) is 1. The van der Waals surface area contributed by atoms with E-state index >= 15 is 0 Å². The first kappa shape index (κ1) is 14.6. The highest BCUT2D eigenvalue weighted by molar-refractivity contribution is 6.31. The summed E-state index contributed by atoms with van der Waals surface area (Å²) in [5.74, 6) is -0.478. The lowest BCUT2D eigenvalue weighted by molar-refractivity contribution is -0.121. The summed E-state index contributed by atoms with van der Waals surface area (Å²) in [5.41, 5.74) is 2.40. The Morgan fingerprint density at radius 3 is 2.64 bits per heavy atom. The van der Waals surface area contributed by atoms with Crippen molar-refractivity contribution >= 4 is 34.8 Å². The van der Waals surface area contributed by atoms with Gasteiger partial charge in [-0.3, -0.25) is 9.59 Å². The standard InChI is InChI=1S/C17H15ClN2O2/c1-11-5-2-3-8-14(11)19-15-10-16(21)20(17(15)22)13-7-4-6-12(18)9-13/h2-9,15,19H,10H2,1H3/t15-/m1/s1. The number of hydrogen-bond acceptors (Lipinski definition) is 3. The van der Waals surface area contributed by atoms with E-state index in [0.29, 0.717) is 10.7 Å². The molecule has 2 aromatic rings. The van der Waals surface area contributed by atoms with E-state index in [-0.39, 0.29) is 18.2 Å². The van der Waals surface area contributed by atoms with Crippen molar-refractivity contribution < 1.29 is 9.59 Å². The van der Waals surface area contributed by atoms with Crippen molar-refractivity contribution in [1.29, 1.82) is 0 Å².